The summed E-state index contributed by atoms with van der Waals surface area (Å²) in [6, 6.07) is 13.1. The maximum absolute atomic E-state index is 5.62. The molecule has 0 saturated carbocycles. The van der Waals surface area contributed by atoms with Crippen molar-refractivity contribution in [3.05, 3.63) is 55.1 Å². The van der Waals surface area contributed by atoms with Crippen molar-refractivity contribution in [2.75, 3.05) is 0 Å². The van der Waals surface area contributed by atoms with Crippen LogP contribution in [0.15, 0.2) is 59.5 Å². The van der Waals surface area contributed by atoms with Gasteiger partial charge in [0.05, 0.1) is 6.20 Å². The standard InChI is InChI=1S/C13H9N3O2/c1-2-4-10(5-3-1)18-11-6-7-12(14-8-11)13-16-15-9-17-13/h1-9H. The van der Waals surface area contributed by atoms with Crippen molar-refractivity contribution in [2.45, 2.75) is 0 Å². The molecular weight excluding hydrogens is 230 g/mol. The zero-order chi connectivity index (χ0) is 12.2. The van der Waals surface area contributed by atoms with E-state index in [0.29, 0.717) is 17.3 Å². The summed E-state index contributed by atoms with van der Waals surface area (Å²) in [5.41, 5.74) is 0.618. The second kappa shape index (κ2) is 4.67. The number of nitrogens with zero attached hydrogens (tertiary/aromatic N) is 3. The zero-order valence-electron chi connectivity index (χ0n) is 9.35. The molecule has 88 valence electrons. The molecule has 2 heterocycles. The summed E-state index contributed by atoms with van der Waals surface area (Å²) in [6.45, 7) is 0. The van der Waals surface area contributed by atoms with E-state index in [1.807, 2.05) is 30.3 Å². The van der Waals surface area contributed by atoms with Crippen LogP contribution < -0.4 is 4.74 Å². The van der Waals surface area contributed by atoms with Crippen molar-refractivity contribution < 1.29 is 9.15 Å². The Morgan fingerprint density at radius 1 is 0.944 bits per heavy atom. The fourth-order valence-corrected chi connectivity index (χ4v) is 1.48. The molecule has 0 saturated heterocycles. The molecule has 0 aliphatic heterocycles. The minimum atomic E-state index is 0.390. The van der Waals surface area contributed by atoms with Crippen LogP contribution in [0.5, 0.6) is 11.5 Å². The summed E-state index contributed by atoms with van der Waals surface area (Å²) < 4.78 is 10.7. The van der Waals surface area contributed by atoms with Crippen molar-refractivity contribution in [3.8, 4) is 23.1 Å². The van der Waals surface area contributed by atoms with Crippen molar-refractivity contribution in [1.82, 2.24) is 15.2 Å². The van der Waals surface area contributed by atoms with E-state index in [-0.39, 0.29) is 0 Å². The molecule has 0 aliphatic rings. The highest BCUT2D eigenvalue weighted by atomic mass is 16.5. The van der Waals surface area contributed by atoms with E-state index in [4.69, 9.17) is 9.15 Å². The highest BCUT2D eigenvalue weighted by Gasteiger charge is 2.05. The summed E-state index contributed by atoms with van der Waals surface area (Å²) in [5.74, 6) is 1.82. The number of ether oxygens (including phenoxy) is 1. The van der Waals surface area contributed by atoms with Gasteiger partial charge < -0.3 is 9.15 Å². The van der Waals surface area contributed by atoms with Crippen LogP contribution in [-0.2, 0) is 0 Å². The van der Waals surface area contributed by atoms with E-state index >= 15 is 0 Å². The molecule has 0 radical (unpaired) electrons. The lowest BCUT2D eigenvalue weighted by atomic mass is 10.3. The molecule has 18 heavy (non-hydrogen) atoms. The third kappa shape index (κ3) is 2.20. The molecule has 0 unspecified atom stereocenters. The van der Waals surface area contributed by atoms with Crippen LogP contribution in [0.3, 0.4) is 0 Å². The van der Waals surface area contributed by atoms with Gasteiger partial charge in [-0.3, -0.25) is 0 Å². The minimum absolute atomic E-state index is 0.390. The number of aromatic nitrogens is 3. The third-order valence-electron chi connectivity index (χ3n) is 2.29. The molecule has 1 aromatic carbocycles. The SMILES string of the molecule is c1ccc(Oc2ccc(-c3nnco3)nc2)cc1. The number of pyridine rings is 1. The van der Waals surface area contributed by atoms with Gasteiger partial charge in [0.1, 0.15) is 17.2 Å². The summed E-state index contributed by atoms with van der Waals surface area (Å²) in [4.78, 5) is 4.20. The predicted octanol–water partition coefficient (Wildman–Crippen LogP) is 2.92. The van der Waals surface area contributed by atoms with Gasteiger partial charge in [0.2, 0.25) is 6.39 Å². The number of hydrogen-bond acceptors (Lipinski definition) is 5. The average molecular weight is 239 g/mol. The molecule has 0 bridgehead atoms. The van der Waals surface area contributed by atoms with Gasteiger partial charge in [-0.25, -0.2) is 4.98 Å². The van der Waals surface area contributed by atoms with Gasteiger partial charge in [-0.2, -0.15) is 0 Å². The Morgan fingerprint density at radius 3 is 2.50 bits per heavy atom. The second-order valence-electron chi connectivity index (χ2n) is 3.54. The Morgan fingerprint density at radius 2 is 1.83 bits per heavy atom. The average Bonchev–Trinajstić information content (AvgIpc) is 2.95. The molecule has 0 atom stereocenters. The molecule has 0 spiro atoms. The predicted molar refractivity (Wildman–Crippen MR) is 64.0 cm³/mol. The molecule has 3 aromatic rings. The van der Waals surface area contributed by atoms with Crippen LogP contribution in [0.2, 0.25) is 0 Å². The van der Waals surface area contributed by atoms with Crippen LogP contribution >= 0.6 is 0 Å². The van der Waals surface area contributed by atoms with Gasteiger partial charge in [-0.1, -0.05) is 18.2 Å². The number of para-hydroxylation sites is 1. The van der Waals surface area contributed by atoms with E-state index in [1.54, 1.807) is 18.3 Å². The Hall–Kier alpha value is -2.69. The summed E-state index contributed by atoms with van der Waals surface area (Å²) in [6.07, 6.45) is 2.89. The first-order valence-corrected chi connectivity index (χ1v) is 5.37. The van der Waals surface area contributed by atoms with Gasteiger partial charge in [-0.15, -0.1) is 10.2 Å². The first kappa shape index (κ1) is 10.5. The highest BCUT2D eigenvalue weighted by Crippen LogP contribution is 2.22. The van der Waals surface area contributed by atoms with Crippen LogP contribution in [0, 0.1) is 0 Å². The molecule has 0 amide bonds. The molecule has 5 heteroatoms. The maximum atomic E-state index is 5.62. The lowest BCUT2D eigenvalue weighted by Crippen LogP contribution is -1.87. The number of hydrogen-bond donors (Lipinski definition) is 0. The lowest BCUT2D eigenvalue weighted by molar-refractivity contribution is 0.480. The monoisotopic (exact) mass is 239 g/mol. The molecular formula is C13H9N3O2. The van der Waals surface area contributed by atoms with Gasteiger partial charge in [0.15, 0.2) is 0 Å². The van der Waals surface area contributed by atoms with Gasteiger partial charge in [-0.05, 0) is 24.3 Å². The molecule has 0 N–H and O–H groups in total. The van der Waals surface area contributed by atoms with Crippen LogP contribution in [-0.4, -0.2) is 15.2 Å². The van der Waals surface area contributed by atoms with E-state index in [9.17, 15) is 0 Å². The normalized spacial score (nSPS) is 10.2. The van der Waals surface area contributed by atoms with E-state index in [0.717, 1.165) is 5.75 Å². The first-order valence-electron chi connectivity index (χ1n) is 5.37. The summed E-state index contributed by atoms with van der Waals surface area (Å²) in [7, 11) is 0. The van der Waals surface area contributed by atoms with Gasteiger partial charge in [0, 0.05) is 0 Å². The Labute approximate surface area is 103 Å². The van der Waals surface area contributed by atoms with E-state index in [1.165, 1.54) is 6.39 Å². The van der Waals surface area contributed by atoms with Crippen molar-refractivity contribution in [2.24, 2.45) is 0 Å². The molecule has 2 aromatic heterocycles. The Balaban J connectivity index is 1.80. The quantitative estimate of drug-likeness (QED) is 0.703. The fourth-order valence-electron chi connectivity index (χ4n) is 1.48. The Kier molecular flexibility index (Phi) is 2.71. The number of rotatable bonds is 3. The molecule has 0 aliphatic carbocycles. The smallest absolute Gasteiger partial charge is 0.266 e. The summed E-state index contributed by atoms with van der Waals surface area (Å²) in [5, 5.41) is 7.38. The highest BCUT2D eigenvalue weighted by molar-refractivity contribution is 5.47. The second-order valence-corrected chi connectivity index (χ2v) is 3.54. The van der Waals surface area contributed by atoms with Gasteiger partial charge >= 0.3 is 0 Å². The first-order chi connectivity index (χ1) is 8.92. The number of benzene rings is 1. The Bertz CT molecular complexity index is 607. The van der Waals surface area contributed by atoms with Crippen molar-refractivity contribution >= 4 is 0 Å². The topological polar surface area (TPSA) is 61.0 Å². The van der Waals surface area contributed by atoms with Crippen LogP contribution in [0.4, 0.5) is 0 Å². The summed E-state index contributed by atoms with van der Waals surface area (Å²) >= 11 is 0. The molecule has 3 rings (SSSR count). The maximum Gasteiger partial charge on any atom is 0.266 e. The van der Waals surface area contributed by atoms with E-state index in [2.05, 4.69) is 15.2 Å². The van der Waals surface area contributed by atoms with Crippen molar-refractivity contribution in [1.29, 1.82) is 0 Å². The van der Waals surface area contributed by atoms with Crippen molar-refractivity contribution in [3.63, 3.8) is 0 Å². The van der Waals surface area contributed by atoms with Gasteiger partial charge in [0.25, 0.3) is 5.89 Å². The van der Waals surface area contributed by atoms with Crippen LogP contribution in [0.1, 0.15) is 0 Å². The molecule has 0 fully saturated rings. The largest absolute Gasteiger partial charge is 0.456 e. The third-order valence-corrected chi connectivity index (χ3v) is 2.29. The lowest BCUT2D eigenvalue weighted by Gasteiger charge is -2.04. The molecule has 5 nitrogen and oxygen atoms in total. The van der Waals surface area contributed by atoms with E-state index < -0.39 is 0 Å². The van der Waals surface area contributed by atoms with Crippen LogP contribution in [0.25, 0.3) is 11.6 Å². The zero-order valence-corrected chi connectivity index (χ0v) is 9.35. The fraction of sp³-hybridized carbons (Fsp3) is 0. The minimum Gasteiger partial charge on any atom is -0.456 e.